The topological polar surface area (TPSA) is 69.7 Å². The van der Waals surface area contributed by atoms with Crippen molar-refractivity contribution in [2.75, 3.05) is 31.1 Å². The van der Waals surface area contributed by atoms with Crippen molar-refractivity contribution >= 4 is 48.9 Å². The van der Waals surface area contributed by atoms with Gasteiger partial charge < -0.3 is 9.80 Å². The normalized spacial score (nSPS) is 15.6. The molecule has 0 unspecified atom stereocenters. The maximum absolute atomic E-state index is 14.1. The van der Waals surface area contributed by atoms with Gasteiger partial charge in [0.25, 0.3) is 10.0 Å². The van der Waals surface area contributed by atoms with Gasteiger partial charge in [-0.3, -0.25) is 4.79 Å². The van der Waals surface area contributed by atoms with Crippen molar-refractivity contribution in [3.05, 3.63) is 81.9 Å². The van der Waals surface area contributed by atoms with E-state index in [1.807, 2.05) is 11.0 Å². The lowest BCUT2D eigenvalue weighted by Gasteiger charge is -2.37. The fraction of sp³-hybridized carbons (Fsp3) is 0.227. The summed E-state index contributed by atoms with van der Waals surface area (Å²) >= 11 is 4.35. The number of hydrogen-bond donors (Lipinski definition) is 1. The molecule has 2 heterocycles. The van der Waals surface area contributed by atoms with Crippen LogP contribution in [0.2, 0.25) is 0 Å². The molecule has 1 atom stereocenters. The van der Waals surface area contributed by atoms with Crippen LogP contribution in [0.3, 0.4) is 0 Å². The summed E-state index contributed by atoms with van der Waals surface area (Å²) < 4.78 is 43.4. The molecule has 1 saturated heterocycles. The third kappa shape index (κ3) is 5.03. The number of halogens is 2. The molecule has 1 N–H and O–H groups in total. The fourth-order valence-electron chi connectivity index (χ4n) is 3.62. The van der Waals surface area contributed by atoms with Crippen molar-refractivity contribution in [1.29, 1.82) is 0 Å². The molecule has 10 heteroatoms. The van der Waals surface area contributed by atoms with Gasteiger partial charge in [0.15, 0.2) is 0 Å². The van der Waals surface area contributed by atoms with Gasteiger partial charge in [0.05, 0.1) is 9.47 Å². The van der Waals surface area contributed by atoms with E-state index in [-0.39, 0.29) is 15.9 Å². The highest BCUT2D eigenvalue weighted by atomic mass is 79.9. The molecule has 1 aliphatic heterocycles. The van der Waals surface area contributed by atoms with Crippen molar-refractivity contribution in [2.24, 2.45) is 0 Å². The number of carbonyl (C=O) groups is 1. The molecule has 0 aliphatic carbocycles. The molecule has 1 aromatic heterocycles. The summed E-state index contributed by atoms with van der Waals surface area (Å²) in [6, 6.07) is 17.4. The molecule has 168 valence electrons. The zero-order valence-corrected chi connectivity index (χ0v) is 20.2. The van der Waals surface area contributed by atoms with E-state index in [1.54, 1.807) is 53.4 Å². The first-order chi connectivity index (χ1) is 15.3. The number of amides is 1. The van der Waals surface area contributed by atoms with Crippen LogP contribution in [0.5, 0.6) is 0 Å². The van der Waals surface area contributed by atoms with Gasteiger partial charge in [-0.15, -0.1) is 11.3 Å². The second kappa shape index (κ2) is 9.70. The van der Waals surface area contributed by atoms with Crippen molar-refractivity contribution in [3.8, 4) is 0 Å². The predicted molar refractivity (Wildman–Crippen MR) is 127 cm³/mol. The molecule has 1 amide bonds. The van der Waals surface area contributed by atoms with Crippen LogP contribution in [0.1, 0.15) is 11.6 Å². The van der Waals surface area contributed by atoms with Crippen LogP contribution in [0.15, 0.2) is 74.7 Å². The highest BCUT2D eigenvalue weighted by Crippen LogP contribution is 2.28. The molecule has 6 nitrogen and oxygen atoms in total. The standard InChI is InChI=1S/C22H21BrFN3O3S2/c23-19-10-11-20(31-19)32(29,30)25-21(16-6-2-1-3-7-16)22(28)27-14-12-26(13-15-27)18-9-5-4-8-17(18)24/h1-11,21,25H,12-15H2/t21-/m0/s1. The molecular weight excluding hydrogens is 517 g/mol. The smallest absolute Gasteiger partial charge is 0.251 e. The van der Waals surface area contributed by atoms with Gasteiger partial charge in [-0.2, -0.15) is 4.72 Å². The molecule has 0 radical (unpaired) electrons. The maximum atomic E-state index is 14.1. The third-order valence-corrected chi connectivity index (χ3v) is 8.79. The van der Waals surface area contributed by atoms with Gasteiger partial charge in [-0.05, 0) is 45.8 Å². The van der Waals surface area contributed by atoms with Crippen LogP contribution in [0.25, 0.3) is 0 Å². The Hall–Kier alpha value is -2.27. The van der Waals surface area contributed by atoms with E-state index in [9.17, 15) is 17.6 Å². The molecule has 2 aromatic carbocycles. The quantitative estimate of drug-likeness (QED) is 0.515. The van der Waals surface area contributed by atoms with E-state index in [2.05, 4.69) is 20.7 Å². The number of para-hydroxylation sites is 1. The summed E-state index contributed by atoms with van der Waals surface area (Å²) in [4.78, 5) is 16.9. The van der Waals surface area contributed by atoms with E-state index in [1.165, 1.54) is 12.1 Å². The third-order valence-electron chi connectivity index (χ3n) is 5.25. The van der Waals surface area contributed by atoms with E-state index in [0.29, 0.717) is 41.2 Å². The monoisotopic (exact) mass is 537 g/mol. The van der Waals surface area contributed by atoms with Gasteiger partial charge in [0.2, 0.25) is 5.91 Å². The summed E-state index contributed by atoms with van der Waals surface area (Å²) in [6.45, 7) is 1.64. The minimum Gasteiger partial charge on any atom is -0.366 e. The second-order valence-electron chi connectivity index (χ2n) is 7.29. The summed E-state index contributed by atoms with van der Waals surface area (Å²) in [5.41, 5.74) is 1.07. The fourth-order valence-corrected chi connectivity index (χ4v) is 6.82. The van der Waals surface area contributed by atoms with Crippen molar-refractivity contribution in [3.63, 3.8) is 0 Å². The zero-order valence-electron chi connectivity index (χ0n) is 16.9. The number of nitrogens with one attached hydrogen (secondary N) is 1. The Bertz CT molecular complexity index is 1200. The Kier molecular flexibility index (Phi) is 6.94. The van der Waals surface area contributed by atoms with Crippen LogP contribution >= 0.6 is 27.3 Å². The molecule has 0 bridgehead atoms. The van der Waals surface area contributed by atoms with Crippen molar-refractivity contribution in [2.45, 2.75) is 10.3 Å². The summed E-state index contributed by atoms with van der Waals surface area (Å²) in [5.74, 6) is -0.632. The number of benzene rings is 2. The Balaban J connectivity index is 1.53. The van der Waals surface area contributed by atoms with Crippen LogP contribution in [-0.4, -0.2) is 45.4 Å². The lowest BCUT2D eigenvalue weighted by Crippen LogP contribution is -2.52. The van der Waals surface area contributed by atoms with Gasteiger partial charge in [0.1, 0.15) is 16.1 Å². The number of sulfonamides is 1. The van der Waals surface area contributed by atoms with E-state index in [0.717, 1.165) is 11.3 Å². The largest absolute Gasteiger partial charge is 0.366 e. The first kappa shape index (κ1) is 22.9. The lowest BCUT2D eigenvalue weighted by molar-refractivity contribution is -0.133. The summed E-state index contributed by atoms with van der Waals surface area (Å²) in [6.07, 6.45) is 0. The number of piperazine rings is 1. The first-order valence-electron chi connectivity index (χ1n) is 9.96. The number of rotatable bonds is 6. The number of thiophene rings is 1. The number of carbonyl (C=O) groups excluding carboxylic acids is 1. The van der Waals surface area contributed by atoms with Crippen molar-refractivity contribution < 1.29 is 17.6 Å². The van der Waals surface area contributed by atoms with Gasteiger partial charge in [-0.1, -0.05) is 42.5 Å². The molecule has 1 aliphatic rings. The summed E-state index contributed by atoms with van der Waals surface area (Å²) in [5, 5.41) is 0. The molecule has 4 rings (SSSR count). The van der Waals surface area contributed by atoms with Gasteiger partial charge in [0, 0.05) is 26.2 Å². The number of nitrogens with zero attached hydrogens (tertiary/aromatic N) is 2. The predicted octanol–water partition coefficient (Wildman–Crippen LogP) is 4.02. The number of anilines is 1. The SMILES string of the molecule is O=C([C@@H](NS(=O)(=O)c1ccc(Br)s1)c1ccccc1)N1CCN(c2ccccc2F)CC1. The minimum absolute atomic E-state index is 0.127. The average molecular weight is 538 g/mol. The Morgan fingerprint density at radius 2 is 1.62 bits per heavy atom. The Morgan fingerprint density at radius 1 is 0.969 bits per heavy atom. The molecular formula is C22H21BrFN3O3S2. The van der Waals surface area contributed by atoms with Crippen LogP contribution in [0, 0.1) is 5.82 Å². The molecule has 0 saturated carbocycles. The van der Waals surface area contributed by atoms with Crippen molar-refractivity contribution in [1.82, 2.24) is 9.62 Å². The second-order valence-corrected chi connectivity index (χ2v) is 11.7. The average Bonchev–Trinajstić information content (AvgIpc) is 3.25. The molecule has 32 heavy (non-hydrogen) atoms. The number of hydrogen-bond acceptors (Lipinski definition) is 5. The van der Waals surface area contributed by atoms with E-state index >= 15 is 0 Å². The lowest BCUT2D eigenvalue weighted by atomic mass is 10.1. The summed E-state index contributed by atoms with van der Waals surface area (Å²) in [7, 11) is -3.90. The van der Waals surface area contributed by atoms with E-state index in [4.69, 9.17) is 0 Å². The van der Waals surface area contributed by atoms with Crippen LogP contribution < -0.4 is 9.62 Å². The first-order valence-corrected chi connectivity index (χ1v) is 13.1. The molecule has 1 fully saturated rings. The van der Waals surface area contributed by atoms with E-state index < -0.39 is 16.1 Å². The highest BCUT2D eigenvalue weighted by molar-refractivity contribution is 9.11. The minimum atomic E-state index is -3.90. The zero-order chi connectivity index (χ0) is 22.7. The van der Waals surface area contributed by atoms with Gasteiger partial charge in [-0.25, -0.2) is 12.8 Å². The van der Waals surface area contributed by atoms with Crippen LogP contribution in [-0.2, 0) is 14.8 Å². The van der Waals surface area contributed by atoms with Gasteiger partial charge >= 0.3 is 0 Å². The Labute approximate surface area is 198 Å². The highest BCUT2D eigenvalue weighted by Gasteiger charge is 2.33. The molecule has 3 aromatic rings. The molecule has 0 spiro atoms. The maximum Gasteiger partial charge on any atom is 0.251 e. The van der Waals surface area contributed by atoms with Crippen LogP contribution in [0.4, 0.5) is 10.1 Å². The Morgan fingerprint density at radius 3 is 2.25 bits per heavy atom.